The number of benzene rings is 1. The van der Waals surface area contributed by atoms with Crippen molar-refractivity contribution in [2.24, 2.45) is 17.8 Å². The summed E-state index contributed by atoms with van der Waals surface area (Å²) in [6, 6.07) is 7.35. The van der Waals surface area contributed by atoms with Gasteiger partial charge in [-0.3, -0.25) is 0 Å². The molecule has 3 unspecified atom stereocenters. The third kappa shape index (κ3) is 2.21. The van der Waals surface area contributed by atoms with Crippen LogP contribution in [0.25, 0.3) is 0 Å². The number of nitrogens with one attached hydrogen (secondary N) is 1. The van der Waals surface area contributed by atoms with Crippen LogP contribution in [-0.2, 0) is 6.42 Å². The molecule has 3 atom stereocenters. The molecule has 0 saturated heterocycles. The van der Waals surface area contributed by atoms with E-state index in [-0.39, 0.29) is 0 Å². The van der Waals surface area contributed by atoms with E-state index >= 15 is 0 Å². The monoisotopic (exact) mass is 243 g/mol. The second-order valence-electron chi connectivity index (χ2n) is 6.46. The first-order valence-electron chi connectivity index (χ1n) is 7.41. The van der Waals surface area contributed by atoms with Gasteiger partial charge in [0.2, 0.25) is 0 Å². The summed E-state index contributed by atoms with van der Waals surface area (Å²) in [5, 5.41) is 3.59. The predicted molar refractivity (Wildman–Crippen MR) is 76.8 cm³/mol. The van der Waals surface area contributed by atoms with Crippen LogP contribution in [-0.4, -0.2) is 13.1 Å². The zero-order chi connectivity index (χ0) is 12.7. The summed E-state index contributed by atoms with van der Waals surface area (Å²) in [6.07, 6.45) is 5.68. The van der Waals surface area contributed by atoms with Crippen molar-refractivity contribution in [3.05, 3.63) is 34.9 Å². The number of likely N-dealkylation sites (N-methyl/N-ethyl adjacent to an activating group) is 1. The van der Waals surface area contributed by atoms with Gasteiger partial charge in [0.05, 0.1) is 0 Å². The van der Waals surface area contributed by atoms with Crippen molar-refractivity contribution in [2.75, 3.05) is 7.05 Å². The van der Waals surface area contributed by atoms with Crippen LogP contribution >= 0.6 is 0 Å². The Morgan fingerprint density at radius 2 is 1.72 bits per heavy atom. The third-order valence-corrected chi connectivity index (χ3v) is 5.29. The van der Waals surface area contributed by atoms with Gasteiger partial charge < -0.3 is 5.32 Å². The van der Waals surface area contributed by atoms with Gasteiger partial charge in [-0.25, -0.2) is 0 Å². The molecule has 2 aliphatic carbocycles. The molecule has 1 aromatic carbocycles. The van der Waals surface area contributed by atoms with Crippen LogP contribution in [0.15, 0.2) is 18.2 Å². The molecule has 2 aliphatic rings. The normalized spacial score (nSPS) is 31.2. The van der Waals surface area contributed by atoms with Gasteiger partial charge in [0, 0.05) is 6.04 Å². The Hall–Kier alpha value is -0.820. The molecule has 2 saturated carbocycles. The van der Waals surface area contributed by atoms with Gasteiger partial charge in [0.1, 0.15) is 0 Å². The fourth-order valence-electron chi connectivity index (χ4n) is 3.99. The van der Waals surface area contributed by atoms with E-state index in [0.717, 1.165) is 17.8 Å². The van der Waals surface area contributed by atoms with Gasteiger partial charge >= 0.3 is 0 Å². The molecule has 1 heteroatoms. The van der Waals surface area contributed by atoms with Crippen LogP contribution in [0, 0.1) is 31.6 Å². The van der Waals surface area contributed by atoms with Crippen molar-refractivity contribution < 1.29 is 0 Å². The average Bonchev–Trinajstić information content (AvgIpc) is 2.96. The van der Waals surface area contributed by atoms with E-state index in [1.54, 1.807) is 5.56 Å². The molecule has 0 spiro atoms. The van der Waals surface area contributed by atoms with Gasteiger partial charge in [0.25, 0.3) is 0 Å². The quantitative estimate of drug-likeness (QED) is 0.853. The first kappa shape index (κ1) is 12.2. The Bertz CT molecular complexity index is 407. The Morgan fingerprint density at radius 1 is 1.11 bits per heavy atom. The molecule has 0 bridgehead atoms. The Labute approximate surface area is 111 Å². The van der Waals surface area contributed by atoms with E-state index in [1.807, 2.05) is 0 Å². The highest BCUT2D eigenvalue weighted by atomic mass is 14.9. The smallest absolute Gasteiger partial charge is 0.0133 e. The molecule has 1 N–H and O–H groups in total. The fourth-order valence-corrected chi connectivity index (χ4v) is 3.99. The lowest BCUT2D eigenvalue weighted by Gasteiger charge is -2.26. The van der Waals surface area contributed by atoms with Crippen LogP contribution in [0.2, 0.25) is 0 Å². The minimum Gasteiger partial charge on any atom is -0.316 e. The summed E-state index contributed by atoms with van der Waals surface area (Å²) in [5.74, 6) is 3.09. The maximum absolute atomic E-state index is 3.59. The highest BCUT2D eigenvalue weighted by Crippen LogP contribution is 2.55. The van der Waals surface area contributed by atoms with Crippen LogP contribution < -0.4 is 5.32 Å². The zero-order valence-corrected chi connectivity index (χ0v) is 11.9. The first-order chi connectivity index (χ1) is 8.69. The van der Waals surface area contributed by atoms with Crippen molar-refractivity contribution >= 4 is 0 Å². The molecule has 1 nitrogen and oxygen atoms in total. The number of aryl methyl sites for hydroxylation is 2. The van der Waals surface area contributed by atoms with Gasteiger partial charge in [0.15, 0.2) is 0 Å². The number of fused-ring (bicyclic) bond motifs is 1. The van der Waals surface area contributed by atoms with Crippen LogP contribution in [0.4, 0.5) is 0 Å². The summed E-state index contributed by atoms with van der Waals surface area (Å²) in [5.41, 5.74) is 4.48. The summed E-state index contributed by atoms with van der Waals surface area (Å²) in [7, 11) is 2.14. The average molecular weight is 243 g/mol. The molecular weight excluding hydrogens is 218 g/mol. The molecule has 2 fully saturated rings. The maximum atomic E-state index is 3.59. The van der Waals surface area contributed by atoms with Crippen molar-refractivity contribution in [1.82, 2.24) is 5.32 Å². The van der Waals surface area contributed by atoms with Crippen LogP contribution in [0.5, 0.6) is 0 Å². The number of hydrogen-bond acceptors (Lipinski definition) is 1. The summed E-state index contributed by atoms with van der Waals surface area (Å²) >= 11 is 0. The SMILES string of the molecule is CNC(Cc1c(C)cccc1C)C1CC2CC2C1. The minimum atomic E-state index is 0.678. The van der Waals surface area contributed by atoms with Crippen molar-refractivity contribution in [3.8, 4) is 0 Å². The molecule has 1 aromatic rings. The third-order valence-electron chi connectivity index (χ3n) is 5.29. The van der Waals surface area contributed by atoms with E-state index in [0.29, 0.717) is 6.04 Å². The summed E-state index contributed by atoms with van der Waals surface area (Å²) in [6.45, 7) is 4.50. The molecule has 3 rings (SSSR count). The Balaban J connectivity index is 1.73. The van der Waals surface area contributed by atoms with Gasteiger partial charge in [-0.2, -0.15) is 0 Å². The molecule has 0 heterocycles. The summed E-state index contributed by atoms with van der Waals surface area (Å²) < 4.78 is 0. The lowest BCUT2D eigenvalue weighted by molar-refractivity contribution is 0.348. The lowest BCUT2D eigenvalue weighted by Crippen LogP contribution is -2.35. The van der Waals surface area contributed by atoms with E-state index < -0.39 is 0 Å². The van der Waals surface area contributed by atoms with Gasteiger partial charge in [-0.1, -0.05) is 18.2 Å². The van der Waals surface area contributed by atoms with Gasteiger partial charge in [-0.05, 0) is 81.0 Å². The molecular formula is C17H25N. The molecule has 98 valence electrons. The highest BCUT2D eigenvalue weighted by Gasteiger charge is 2.47. The molecule has 0 aromatic heterocycles. The topological polar surface area (TPSA) is 12.0 Å². The molecule has 18 heavy (non-hydrogen) atoms. The molecule has 0 amide bonds. The maximum Gasteiger partial charge on any atom is 0.0133 e. The van der Waals surface area contributed by atoms with E-state index in [1.165, 1.54) is 36.8 Å². The Kier molecular flexibility index (Phi) is 3.19. The van der Waals surface area contributed by atoms with Crippen molar-refractivity contribution in [3.63, 3.8) is 0 Å². The van der Waals surface area contributed by atoms with Crippen molar-refractivity contribution in [2.45, 2.75) is 45.6 Å². The number of rotatable bonds is 4. The first-order valence-corrected chi connectivity index (χ1v) is 7.41. The fraction of sp³-hybridized carbons (Fsp3) is 0.647. The zero-order valence-electron chi connectivity index (χ0n) is 11.9. The largest absolute Gasteiger partial charge is 0.316 e. The van der Waals surface area contributed by atoms with E-state index in [9.17, 15) is 0 Å². The summed E-state index contributed by atoms with van der Waals surface area (Å²) in [4.78, 5) is 0. The van der Waals surface area contributed by atoms with E-state index in [2.05, 4.69) is 44.4 Å². The van der Waals surface area contributed by atoms with E-state index in [4.69, 9.17) is 0 Å². The highest BCUT2D eigenvalue weighted by molar-refractivity contribution is 5.34. The Morgan fingerprint density at radius 3 is 2.28 bits per heavy atom. The number of hydrogen-bond donors (Lipinski definition) is 1. The van der Waals surface area contributed by atoms with Crippen LogP contribution in [0.1, 0.15) is 36.0 Å². The molecule has 0 radical (unpaired) electrons. The minimum absolute atomic E-state index is 0.678. The molecule has 0 aliphatic heterocycles. The predicted octanol–water partition coefficient (Wildman–Crippen LogP) is 3.48. The van der Waals surface area contributed by atoms with Crippen LogP contribution in [0.3, 0.4) is 0 Å². The van der Waals surface area contributed by atoms with Gasteiger partial charge in [-0.15, -0.1) is 0 Å². The second-order valence-corrected chi connectivity index (χ2v) is 6.46. The standard InChI is InChI=1S/C17H25N/c1-11-5-4-6-12(2)16(11)10-17(18-3)15-8-13-7-14(13)9-15/h4-6,13-15,17-18H,7-10H2,1-3H3. The second kappa shape index (κ2) is 4.70. The van der Waals surface area contributed by atoms with Crippen molar-refractivity contribution in [1.29, 1.82) is 0 Å². The lowest BCUT2D eigenvalue weighted by atomic mass is 9.87.